The number of rotatable bonds is 7. The summed E-state index contributed by atoms with van der Waals surface area (Å²) in [6.45, 7) is 0. The number of aryl methyl sites for hydroxylation is 1. The number of aliphatic hydroxyl groups is 1. The number of hydrogen-bond donors (Lipinski definition) is 2. The minimum atomic E-state index is -0.974. The lowest BCUT2D eigenvalue weighted by Gasteiger charge is -2.29. The van der Waals surface area contributed by atoms with Crippen LogP contribution in [-0.2, 0) is 11.2 Å². The molecule has 0 aliphatic carbocycles. The van der Waals surface area contributed by atoms with E-state index >= 15 is 0 Å². The van der Waals surface area contributed by atoms with E-state index in [1.165, 1.54) is 42.3 Å². The SMILES string of the molecule is COc1ccc([C@@H]2OC(=O)N(c3ccc(F)cc3)[C@@H]2[C@H](O)CCc2ccccc2)c(O)c1. The van der Waals surface area contributed by atoms with Gasteiger partial charge < -0.3 is 19.7 Å². The Balaban J connectivity index is 1.68. The zero-order valence-electron chi connectivity index (χ0n) is 17.5. The van der Waals surface area contributed by atoms with Crippen molar-refractivity contribution in [1.29, 1.82) is 0 Å². The highest BCUT2D eigenvalue weighted by Gasteiger charge is 2.48. The molecule has 3 atom stereocenters. The van der Waals surface area contributed by atoms with Crippen molar-refractivity contribution in [1.82, 2.24) is 0 Å². The second-order valence-corrected chi connectivity index (χ2v) is 7.66. The third kappa shape index (κ3) is 4.38. The van der Waals surface area contributed by atoms with Crippen LogP contribution in [0.3, 0.4) is 0 Å². The molecule has 1 fully saturated rings. The van der Waals surface area contributed by atoms with Crippen LogP contribution < -0.4 is 9.64 Å². The molecule has 7 heteroatoms. The lowest BCUT2D eigenvalue weighted by atomic mass is 9.92. The molecule has 32 heavy (non-hydrogen) atoms. The summed E-state index contributed by atoms with van der Waals surface area (Å²) in [6, 6.07) is 19.0. The molecule has 4 rings (SSSR count). The minimum Gasteiger partial charge on any atom is -0.507 e. The Labute approximate surface area is 185 Å². The lowest BCUT2D eigenvalue weighted by molar-refractivity contribution is 0.0751. The molecule has 2 N–H and O–H groups in total. The van der Waals surface area contributed by atoms with Crippen molar-refractivity contribution < 1.29 is 28.9 Å². The molecule has 0 bridgehead atoms. The van der Waals surface area contributed by atoms with Crippen molar-refractivity contribution >= 4 is 11.8 Å². The van der Waals surface area contributed by atoms with Gasteiger partial charge in [0.05, 0.1) is 13.2 Å². The van der Waals surface area contributed by atoms with Crippen molar-refractivity contribution in [3.05, 3.63) is 89.7 Å². The van der Waals surface area contributed by atoms with Gasteiger partial charge in [0.1, 0.15) is 23.4 Å². The van der Waals surface area contributed by atoms with E-state index in [2.05, 4.69) is 0 Å². The summed E-state index contributed by atoms with van der Waals surface area (Å²) in [7, 11) is 1.48. The summed E-state index contributed by atoms with van der Waals surface area (Å²) in [5.41, 5.74) is 1.80. The van der Waals surface area contributed by atoms with Crippen LogP contribution in [0.5, 0.6) is 11.5 Å². The lowest BCUT2D eigenvalue weighted by Crippen LogP contribution is -2.43. The summed E-state index contributed by atoms with van der Waals surface area (Å²) in [4.78, 5) is 14.2. The normalized spacial score (nSPS) is 19.0. The molecule has 1 heterocycles. The second kappa shape index (κ2) is 9.28. The predicted molar refractivity (Wildman–Crippen MR) is 117 cm³/mol. The molecule has 0 saturated carbocycles. The van der Waals surface area contributed by atoms with Crippen molar-refractivity contribution in [2.75, 3.05) is 12.0 Å². The first kappa shape index (κ1) is 21.6. The molecule has 6 nitrogen and oxygen atoms in total. The number of nitrogens with zero attached hydrogens (tertiary/aromatic N) is 1. The average molecular weight is 437 g/mol. The largest absolute Gasteiger partial charge is 0.507 e. The van der Waals surface area contributed by atoms with Crippen LogP contribution in [-0.4, -0.2) is 35.6 Å². The van der Waals surface area contributed by atoms with Gasteiger partial charge >= 0.3 is 6.09 Å². The van der Waals surface area contributed by atoms with Gasteiger partial charge in [-0.05, 0) is 54.8 Å². The number of benzene rings is 3. The van der Waals surface area contributed by atoms with Crippen molar-refractivity contribution in [3.8, 4) is 11.5 Å². The summed E-state index contributed by atoms with van der Waals surface area (Å²) < 4.78 is 24.2. The number of anilines is 1. The Bertz CT molecular complexity index is 1070. The molecule has 0 spiro atoms. The van der Waals surface area contributed by atoms with E-state index in [1.807, 2.05) is 30.3 Å². The number of aromatic hydroxyl groups is 1. The van der Waals surface area contributed by atoms with E-state index in [9.17, 15) is 19.4 Å². The predicted octanol–water partition coefficient (Wildman–Crippen LogP) is 4.60. The molecule has 1 amide bonds. The maximum atomic E-state index is 13.5. The summed E-state index contributed by atoms with van der Waals surface area (Å²) in [5.74, 6) is -0.0951. The number of phenols is 1. The van der Waals surface area contributed by atoms with Gasteiger partial charge in [0, 0.05) is 17.3 Å². The van der Waals surface area contributed by atoms with Gasteiger partial charge in [-0.15, -0.1) is 0 Å². The number of carbonyl (C=O) groups is 1. The van der Waals surface area contributed by atoms with Crippen LogP contribution in [0.1, 0.15) is 23.7 Å². The van der Waals surface area contributed by atoms with Crippen LogP contribution in [0, 0.1) is 5.82 Å². The fourth-order valence-corrected chi connectivity index (χ4v) is 4.01. The highest BCUT2D eigenvalue weighted by Crippen LogP contribution is 2.42. The fourth-order valence-electron chi connectivity index (χ4n) is 4.01. The van der Waals surface area contributed by atoms with E-state index < -0.39 is 30.2 Å². The number of carbonyl (C=O) groups excluding carboxylic acids is 1. The van der Waals surface area contributed by atoms with Gasteiger partial charge in [0.25, 0.3) is 0 Å². The molecular weight excluding hydrogens is 413 g/mol. The number of amides is 1. The minimum absolute atomic E-state index is 0.108. The van der Waals surface area contributed by atoms with Gasteiger partial charge in [0.2, 0.25) is 0 Å². The highest BCUT2D eigenvalue weighted by molar-refractivity contribution is 5.91. The molecule has 166 valence electrons. The van der Waals surface area contributed by atoms with Crippen LogP contribution in [0.2, 0.25) is 0 Å². The summed E-state index contributed by atoms with van der Waals surface area (Å²) in [6.07, 6.45) is -1.63. The van der Waals surface area contributed by atoms with E-state index in [0.29, 0.717) is 29.8 Å². The molecule has 0 unspecified atom stereocenters. The number of phenolic OH excluding ortho intramolecular Hbond substituents is 1. The summed E-state index contributed by atoms with van der Waals surface area (Å²) >= 11 is 0. The number of aliphatic hydroxyl groups excluding tert-OH is 1. The molecule has 0 aromatic heterocycles. The van der Waals surface area contributed by atoms with Gasteiger partial charge in [-0.2, -0.15) is 0 Å². The van der Waals surface area contributed by atoms with Crippen LogP contribution in [0.15, 0.2) is 72.8 Å². The third-order valence-corrected chi connectivity index (χ3v) is 5.65. The average Bonchev–Trinajstić information content (AvgIpc) is 3.15. The fraction of sp³-hybridized carbons (Fsp3) is 0.240. The molecule has 1 aliphatic heterocycles. The van der Waals surface area contributed by atoms with Gasteiger partial charge in [-0.25, -0.2) is 9.18 Å². The highest BCUT2D eigenvalue weighted by atomic mass is 19.1. The molecular formula is C25H24FNO5. The molecule has 1 aliphatic rings. The second-order valence-electron chi connectivity index (χ2n) is 7.66. The van der Waals surface area contributed by atoms with E-state index in [-0.39, 0.29) is 5.75 Å². The Hall–Kier alpha value is -3.58. The Kier molecular flexibility index (Phi) is 6.28. The maximum Gasteiger partial charge on any atom is 0.415 e. The Morgan fingerprint density at radius 1 is 1.09 bits per heavy atom. The first-order valence-corrected chi connectivity index (χ1v) is 10.3. The van der Waals surface area contributed by atoms with E-state index in [0.717, 1.165) is 5.56 Å². The smallest absolute Gasteiger partial charge is 0.415 e. The van der Waals surface area contributed by atoms with Gasteiger partial charge in [-0.1, -0.05) is 30.3 Å². The van der Waals surface area contributed by atoms with E-state index in [1.54, 1.807) is 12.1 Å². The molecule has 3 aromatic carbocycles. The molecule has 0 radical (unpaired) electrons. The first-order valence-electron chi connectivity index (χ1n) is 10.3. The zero-order chi connectivity index (χ0) is 22.7. The zero-order valence-corrected chi connectivity index (χ0v) is 17.5. The van der Waals surface area contributed by atoms with Crippen molar-refractivity contribution in [2.45, 2.75) is 31.1 Å². The summed E-state index contributed by atoms with van der Waals surface area (Å²) in [5, 5.41) is 21.7. The Morgan fingerprint density at radius 3 is 2.47 bits per heavy atom. The van der Waals surface area contributed by atoms with Crippen LogP contribution >= 0.6 is 0 Å². The standard InChI is InChI=1S/C25H24FNO5/c1-31-19-12-13-20(22(29)15-19)24-23(21(28)14-7-16-5-3-2-4-6-16)27(25(30)32-24)18-10-8-17(26)9-11-18/h2-6,8-13,15,21,23-24,28-29H,7,14H2,1H3/t21-,23-,24+/m1/s1. The van der Waals surface area contributed by atoms with Crippen LogP contribution in [0.25, 0.3) is 0 Å². The molecule has 3 aromatic rings. The topological polar surface area (TPSA) is 79.2 Å². The Morgan fingerprint density at radius 2 is 1.81 bits per heavy atom. The molecule has 1 saturated heterocycles. The number of cyclic esters (lactones) is 1. The monoisotopic (exact) mass is 437 g/mol. The first-order chi connectivity index (χ1) is 15.5. The van der Waals surface area contributed by atoms with Crippen LogP contribution in [0.4, 0.5) is 14.9 Å². The number of hydrogen-bond acceptors (Lipinski definition) is 5. The van der Waals surface area contributed by atoms with Crippen molar-refractivity contribution in [3.63, 3.8) is 0 Å². The van der Waals surface area contributed by atoms with Gasteiger partial charge in [-0.3, -0.25) is 4.90 Å². The number of methoxy groups -OCH3 is 1. The number of halogens is 1. The van der Waals surface area contributed by atoms with Gasteiger partial charge in [0.15, 0.2) is 6.10 Å². The third-order valence-electron chi connectivity index (χ3n) is 5.65. The maximum absolute atomic E-state index is 13.5. The van der Waals surface area contributed by atoms with Crippen molar-refractivity contribution in [2.24, 2.45) is 0 Å². The van der Waals surface area contributed by atoms with E-state index in [4.69, 9.17) is 9.47 Å². The number of ether oxygens (including phenoxy) is 2. The quantitative estimate of drug-likeness (QED) is 0.565.